The lowest BCUT2D eigenvalue weighted by Crippen LogP contribution is -2.11. The topological polar surface area (TPSA) is 15.3 Å². The molecule has 0 aliphatic carbocycles. The fourth-order valence-corrected chi connectivity index (χ4v) is 13.5. The van der Waals surface area contributed by atoms with Crippen LogP contribution in [0.3, 0.4) is 0 Å². The minimum atomic E-state index is 1.10. The average Bonchev–Trinajstić information content (AvgIpc) is 4.31. The first-order valence-corrected chi connectivity index (χ1v) is 28.2. The molecule has 382 valence electrons. The van der Waals surface area contributed by atoms with Crippen LogP contribution in [-0.2, 0) is 0 Å². The van der Waals surface area contributed by atoms with Crippen molar-refractivity contribution in [2.24, 2.45) is 0 Å². The van der Waals surface area contributed by atoms with E-state index in [4.69, 9.17) is 0 Å². The first-order valence-electron chi connectivity index (χ1n) is 28.2. The number of hydrogen-bond donors (Lipinski definition) is 0. The Labute approximate surface area is 474 Å². The molecule has 0 amide bonds. The highest BCUT2D eigenvalue weighted by atomic mass is 15.2. The van der Waals surface area contributed by atoms with E-state index in [0.717, 1.165) is 34.1 Å². The summed E-state index contributed by atoms with van der Waals surface area (Å²) in [5, 5.41) is 9.96. The van der Waals surface area contributed by atoms with E-state index in [1.165, 1.54) is 121 Å². The Morgan fingerprint density at radius 1 is 0.195 bits per heavy atom. The number of anilines is 6. The van der Waals surface area contributed by atoms with Crippen molar-refractivity contribution >= 4 is 110 Å². The normalized spacial score (nSPS) is 11.9. The molecule has 0 radical (unpaired) electrons. The summed E-state index contributed by atoms with van der Waals surface area (Å²) in [5.41, 5.74) is 23.4. The molecule has 13 aromatic carbocycles. The lowest BCUT2D eigenvalue weighted by molar-refractivity contribution is 1.28. The maximum absolute atomic E-state index is 2.53. The van der Waals surface area contributed by atoms with Gasteiger partial charge >= 0.3 is 0 Å². The molecule has 4 heterocycles. The van der Waals surface area contributed by atoms with E-state index in [9.17, 15) is 0 Å². The molecule has 0 N–H and O–H groups in total. The van der Waals surface area contributed by atoms with Crippen molar-refractivity contribution < 1.29 is 0 Å². The Bertz CT molecular complexity index is 4910. The molecule has 0 bridgehead atoms. The van der Waals surface area contributed by atoms with Gasteiger partial charge in [-0.3, -0.25) is 0 Å². The van der Waals surface area contributed by atoms with Gasteiger partial charge in [0.1, 0.15) is 0 Å². The van der Waals surface area contributed by atoms with Crippen molar-refractivity contribution in [2.45, 2.75) is 0 Å². The molecular formula is C78H50N4. The summed E-state index contributed by atoms with van der Waals surface area (Å²) in [6, 6.07) is 111. The lowest BCUT2D eigenvalue weighted by atomic mass is 9.96. The van der Waals surface area contributed by atoms with Gasteiger partial charge < -0.3 is 18.6 Å². The Morgan fingerprint density at radius 3 is 0.890 bits per heavy atom. The van der Waals surface area contributed by atoms with Crippen molar-refractivity contribution in [3.05, 3.63) is 303 Å². The zero-order valence-electron chi connectivity index (χ0n) is 44.7. The highest BCUT2D eigenvalue weighted by Crippen LogP contribution is 2.50. The maximum Gasteiger partial charge on any atom is 0.0620 e. The third-order valence-electron chi connectivity index (χ3n) is 17.1. The van der Waals surface area contributed by atoms with E-state index in [2.05, 4.69) is 322 Å². The molecule has 0 saturated heterocycles. The molecule has 0 aliphatic rings. The minimum absolute atomic E-state index is 1.10. The molecule has 0 fully saturated rings. The van der Waals surface area contributed by atoms with Crippen LogP contribution in [0.2, 0.25) is 0 Å². The third kappa shape index (κ3) is 7.05. The molecule has 0 atom stereocenters. The van der Waals surface area contributed by atoms with Gasteiger partial charge in [-0.05, 0) is 118 Å². The van der Waals surface area contributed by atoms with Gasteiger partial charge in [0, 0.05) is 77.0 Å². The van der Waals surface area contributed by atoms with Crippen molar-refractivity contribution in [2.75, 3.05) is 9.80 Å². The number of rotatable bonds is 10. The summed E-state index contributed by atoms with van der Waals surface area (Å²) in [5.74, 6) is 0. The Balaban J connectivity index is 0.847. The summed E-state index contributed by atoms with van der Waals surface area (Å²) < 4.78 is 5.06. The van der Waals surface area contributed by atoms with Crippen LogP contribution in [-0.4, -0.2) is 8.80 Å². The summed E-state index contributed by atoms with van der Waals surface area (Å²) in [7, 11) is 0. The maximum atomic E-state index is 2.53. The molecule has 0 spiro atoms. The monoisotopic (exact) mass is 1040 g/mol. The second-order valence-electron chi connectivity index (χ2n) is 21.6. The van der Waals surface area contributed by atoms with Gasteiger partial charge in [0.25, 0.3) is 0 Å². The number of benzene rings is 13. The zero-order chi connectivity index (χ0) is 53.8. The van der Waals surface area contributed by atoms with E-state index in [1.54, 1.807) is 0 Å². The Morgan fingerprint density at radius 2 is 0.524 bits per heavy atom. The highest BCUT2D eigenvalue weighted by Gasteiger charge is 2.26. The Hall–Kier alpha value is -10.9. The first kappa shape index (κ1) is 46.0. The molecule has 4 heteroatoms. The summed E-state index contributed by atoms with van der Waals surface area (Å²) in [6.45, 7) is 0. The summed E-state index contributed by atoms with van der Waals surface area (Å²) >= 11 is 0. The van der Waals surface area contributed by atoms with Crippen LogP contribution in [0.1, 0.15) is 0 Å². The van der Waals surface area contributed by atoms with Crippen LogP contribution in [0, 0.1) is 0 Å². The van der Waals surface area contributed by atoms with Gasteiger partial charge in [0.15, 0.2) is 0 Å². The minimum Gasteiger partial charge on any atom is -0.310 e. The molecular weight excluding hydrogens is 993 g/mol. The van der Waals surface area contributed by atoms with E-state index >= 15 is 0 Å². The molecule has 0 unspecified atom stereocenters. The third-order valence-corrected chi connectivity index (χ3v) is 17.1. The van der Waals surface area contributed by atoms with E-state index in [0.29, 0.717) is 0 Å². The lowest BCUT2D eigenvalue weighted by Gasteiger charge is -2.28. The van der Waals surface area contributed by atoms with Gasteiger partial charge in [-0.2, -0.15) is 0 Å². The molecule has 4 aromatic heterocycles. The quantitative estimate of drug-likeness (QED) is 0.136. The van der Waals surface area contributed by atoms with E-state index < -0.39 is 0 Å². The van der Waals surface area contributed by atoms with Gasteiger partial charge in [-0.15, -0.1) is 0 Å². The second kappa shape index (κ2) is 18.3. The number of fused-ring (bicyclic) bond motifs is 12. The van der Waals surface area contributed by atoms with Crippen LogP contribution in [0.25, 0.3) is 121 Å². The summed E-state index contributed by atoms with van der Waals surface area (Å²) in [6.07, 6.45) is 0. The van der Waals surface area contributed by atoms with Crippen LogP contribution < -0.4 is 9.80 Å². The van der Waals surface area contributed by atoms with Crippen LogP contribution in [0.5, 0.6) is 0 Å². The number of hydrogen-bond acceptors (Lipinski definition) is 2. The highest BCUT2D eigenvalue weighted by molar-refractivity contribution is 6.29. The van der Waals surface area contributed by atoms with Gasteiger partial charge in [-0.1, -0.05) is 218 Å². The second-order valence-corrected chi connectivity index (χ2v) is 21.6. The van der Waals surface area contributed by atoms with Gasteiger partial charge in [0.05, 0.1) is 44.5 Å². The Kier molecular flexibility index (Phi) is 10.3. The molecule has 4 nitrogen and oxygen atoms in total. The zero-order valence-corrected chi connectivity index (χ0v) is 44.7. The van der Waals surface area contributed by atoms with Crippen molar-refractivity contribution in [1.82, 2.24) is 8.80 Å². The van der Waals surface area contributed by atoms with Gasteiger partial charge in [-0.25, -0.2) is 0 Å². The fourth-order valence-electron chi connectivity index (χ4n) is 13.5. The smallest absolute Gasteiger partial charge is 0.0620 e. The van der Waals surface area contributed by atoms with E-state index in [1.807, 2.05) is 0 Å². The number of para-hydroxylation sites is 4. The first-order chi connectivity index (χ1) is 40.7. The standard InChI is InChI=1S/C78H50N4/c1-7-21-51(22-8-1)55-37-41-61(53-25-11-3-12-26-53)73(45-55)79(57-29-15-5-16-30-57)59-39-43-71-67(47-59)63-33-19-35-65-69-50-76-70(49-75(69)81(71)77(63)65)66-36-20-34-64-68-48-60(40-44-72(68)82(76)78(64)66)80(58-31-17-6-18-32-58)74-46-56(52-23-9-2-10-24-52)38-42-62(74)54-27-13-4-14-28-54/h1-50H. The SMILES string of the molecule is c1ccc(-c2ccc(-c3ccccc3)c(N(c3ccccc3)c3ccc4c(c3)c3cccc5c6cc7c(cc6n4c35)c3cccc4c5cc(N(c6ccccc6)c6cc(-c8ccccc8)ccc6-c6ccccc6)ccc5n7c43)c2)cc1. The van der Waals surface area contributed by atoms with Crippen LogP contribution in [0.15, 0.2) is 303 Å². The number of aromatic nitrogens is 2. The molecule has 0 saturated carbocycles. The predicted octanol–water partition coefficient (Wildman–Crippen LogP) is 21.6. The molecule has 0 aliphatic heterocycles. The van der Waals surface area contributed by atoms with Crippen molar-refractivity contribution in [1.29, 1.82) is 0 Å². The fraction of sp³-hybridized carbons (Fsp3) is 0. The molecule has 17 rings (SSSR count). The van der Waals surface area contributed by atoms with Crippen LogP contribution >= 0.6 is 0 Å². The number of nitrogens with zero attached hydrogens (tertiary/aromatic N) is 4. The predicted molar refractivity (Wildman–Crippen MR) is 347 cm³/mol. The largest absolute Gasteiger partial charge is 0.310 e. The van der Waals surface area contributed by atoms with Crippen LogP contribution in [0.4, 0.5) is 34.1 Å². The average molecular weight is 1040 g/mol. The van der Waals surface area contributed by atoms with Crippen molar-refractivity contribution in [3.8, 4) is 44.5 Å². The summed E-state index contributed by atoms with van der Waals surface area (Å²) in [4.78, 5) is 4.89. The van der Waals surface area contributed by atoms with Gasteiger partial charge in [0.2, 0.25) is 0 Å². The molecule has 82 heavy (non-hydrogen) atoms. The van der Waals surface area contributed by atoms with Crippen molar-refractivity contribution in [3.63, 3.8) is 0 Å². The van der Waals surface area contributed by atoms with E-state index in [-0.39, 0.29) is 0 Å². The molecule has 17 aromatic rings.